The van der Waals surface area contributed by atoms with E-state index in [2.05, 4.69) is 19.8 Å². The van der Waals surface area contributed by atoms with Gasteiger partial charge in [-0.25, -0.2) is 17.9 Å². The Bertz CT molecular complexity index is 721. The monoisotopic (exact) mass is 330 g/mol. The number of rotatable bonds is 6. The maximum Gasteiger partial charge on any atom is 0.349 e. The first-order valence-electron chi connectivity index (χ1n) is 5.96. The number of hydrogen-bond donors (Lipinski definition) is 1. The zero-order valence-electron chi connectivity index (χ0n) is 11.4. The normalized spacial score (nSPS) is 11.5. The van der Waals surface area contributed by atoms with E-state index >= 15 is 0 Å². The molecule has 2 aromatic rings. The molecule has 2 aromatic heterocycles. The van der Waals surface area contributed by atoms with Gasteiger partial charge in [-0.05, 0) is 17.9 Å². The standard InChI is InChI=1S/C11H14N4O4S2/c1-8-7-20-9(11(16)19-2)10(8)21(17,18)13-4-6-15-5-3-12-14-15/h3,5,7,13H,4,6H2,1-2H3. The number of aromatic nitrogens is 3. The highest BCUT2D eigenvalue weighted by Crippen LogP contribution is 2.27. The van der Waals surface area contributed by atoms with E-state index in [9.17, 15) is 13.2 Å². The Labute approximate surface area is 125 Å². The van der Waals surface area contributed by atoms with E-state index in [0.717, 1.165) is 11.3 Å². The second-order valence-corrected chi connectivity index (χ2v) is 6.72. The molecule has 0 amide bonds. The Hall–Kier alpha value is -1.78. The van der Waals surface area contributed by atoms with Gasteiger partial charge in [0.05, 0.1) is 19.9 Å². The van der Waals surface area contributed by atoms with Crippen molar-refractivity contribution in [3.8, 4) is 0 Å². The van der Waals surface area contributed by atoms with Gasteiger partial charge in [-0.15, -0.1) is 16.4 Å². The van der Waals surface area contributed by atoms with E-state index in [4.69, 9.17) is 0 Å². The van der Waals surface area contributed by atoms with Crippen LogP contribution in [0.3, 0.4) is 0 Å². The SMILES string of the molecule is COC(=O)c1scc(C)c1S(=O)(=O)NCCn1ccnn1. The lowest BCUT2D eigenvalue weighted by atomic mass is 10.3. The fraction of sp³-hybridized carbons (Fsp3) is 0.364. The lowest BCUT2D eigenvalue weighted by Crippen LogP contribution is -2.29. The Morgan fingerprint density at radius 3 is 2.90 bits per heavy atom. The summed E-state index contributed by atoms with van der Waals surface area (Å²) in [5.41, 5.74) is 0.508. The van der Waals surface area contributed by atoms with Crippen molar-refractivity contribution in [2.45, 2.75) is 18.4 Å². The number of carbonyl (C=O) groups excluding carboxylic acids is 1. The summed E-state index contributed by atoms with van der Waals surface area (Å²) in [5.74, 6) is -0.662. The van der Waals surface area contributed by atoms with Crippen molar-refractivity contribution < 1.29 is 17.9 Å². The molecule has 0 saturated carbocycles. The molecule has 21 heavy (non-hydrogen) atoms. The number of ether oxygens (including phenoxy) is 1. The second-order valence-electron chi connectivity index (χ2n) is 4.13. The van der Waals surface area contributed by atoms with Gasteiger partial charge in [0.25, 0.3) is 0 Å². The van der Waals surface area contributed by atoms with Crippen LogP contribution in [0.15, 0.2) is 22.7 Å². The number of aryl methyl sites for hydroxylation is 1. The number of nitrogens with one attached hydrogen (secondary N) is 1. The van der Waals surface area contributed by atoms with Crippen LogP contribution in [0.2, 0.25) is 0 Å². The first kappa shape index (κ1) is 15.6. The van der Waals surface area contributed by atoms with Crippen LogP contribution in [0.25, 0.3) is 0 Å². The molecule has 2 rings (SSSR count). The molecule has 0 radical (unpaired) electrons. The maximum absolute atomic E-state index is 12.3. The van der Waals surface area contributed by atoms with Crippen molar-refractivity contribution in [2.24, 2.45) is 0 Å². The van der Waals surface area contributed by atoms with Crippen LogP contribution in [-0.4, -0.2) is 43.0 Å². The minimum Gasteiger partial charge on any atom is -0.465 e. The molecule has 0 aliphatic heterocycles. The largest absolute Gasteiger partial charge is 0.465 e. The molecule has 0 fully saturated rings. The predicted octanol–water partition coefficient (Wildman–Crippen LogP) is 0.413. The van der Waals surface area contributed by atoms with Crippen LogP contribution in [0.5, 0.6) is 0 Å². The van der Waals surface area contributed by atoms with Gasteiger partial charge in [-0.2, -0.15) is 0 Å². The molecule has 0 bridgehead atoms. The zero-order chi connectivity index (χ0) is 15.5. The van der Waals surface area contributed by atoms with Crippen LogP contribution in [0.1, 0.15) is 15.2 Å². The summed E-state index contributed by atoms with van der Waals surface area (Å²) >= 11 is 1.05. The third-order valence-electron chi connectivity index (χ3n) is 2.66. The maximum atomic E-state index is 12.3. The molecule has 0 spiro atoms. The van der Waals surface area contributed by atoms with Gasteiger partial charge in [0, 0.05) is 12.7 Å². The van der Waals surface area contributed by atoms with E-state index in [1.54, 1.807) is 18.5 Å². The molecular weight excluding hydrogens is 316 g/mol. The molecule has 1 N–H and O–H groups in total. The third-order valence-corrected chi connectivity index (χ3v) is 5.52. The zero-order valence-corrected chi connectivity index (χ0v) is 13.1. The van der Waals surface area contributed by atoms with Crippen molar-refractivity contribution in [1.82, 2.24) is 19.7 Å². The molecule has 0 atom stereocenters. The molecule has 0 unspecified atom stereocenters. The summed E-state index contributed by atoms with van der Waals surface area (Å²) in [6.45, 7) is 2.12. The first-order chi connectivity index (χ1) is 9.95. The van der Waals surface area contributed by atoms with Gasteiger partial charge in [0.1, 0.15) is 9.77 Å². The number of carbonyl (C=O) groups is 1. The molecular formula is C11H14N4O4S2. The Balaban J connectivity index is 2.15. The third kappa shape index (κ3) is 3.46. The van der Waals surface area contributed by atoms with Crippen molar-refractivity contribution in [1.29, 1.82) is 0 Å². The van der Waals surface area contributed by atoms with Crippen LogP contribution in [-0.2, 0) is 21.3 Å². The number of thiophene rings is 1. The van der Waals surface area contributed by atoms with Crippen LogP contribution < -0.4 is 4.72 Å². The van der Waals surface area contributed by atoms with Crippen LogP contribution >= 0.6 is 11.3 Å². The molecule has 0 aliphatic rings. The van der Waals surface area contributed by atoms with Gasteiger partial charge in [-0.1, -0.05) is 5.21 Å². The lowest BCUT2D eigenvalue weighted by Gasteiger charge is -2.08. The first-order valence-corrected chi connectivity index (χ1v) is 8.32. The van der Waals surface area contributed by atoms with Gasteiger partial charge in [0.15, 0.2) is 0 Å². The highest BCUT2D eigenvalue weighted by Gasteiger charge is 2.27. The Morgan fingerprint density at radius 1 is 1.52 bits per heavy atom. The summed E-state index contributed by atoms with van der Waals surface area (Å²) in [7, 11) is -2.57. The minimum atomic E-state index is -3.79. The Kier molecular flexibility index (Phi) is 4.70. The van der Waals surface area contributed by atoms with Gasteiger partial charge < -0.3 is 4.74 Å². The van der Waals surface area contributed by atoms with Crippen molar-refractivity contribution >= 4 is 27.3 Å². The van der Waals surface area contributed by atoms with Gasteiger partial charge >= 0.3 is 5.97 Å². The molecule has 0 aliphatic carbocycles. The predicted molar refractivity (Wildman–Crippen MR) is 75.6 cm³/mol. The van der Waals surface area contributed by atoms with Crippen molar-refractivity contribution in [3.63, 3.8) is 0 Å². The molecule has 2 heterocycles. The number of methoxy groups -OCH3 is 1. The Morgan fingerprint density at radius 2 is 2.29 bits per heavy atom. The number of nitrogens with zero attached hydrogens (tertiary/aromatic N) is 3. The summed E-state index contributed by atoms with van der Waals surface area (Å²) < 4.78 is 33.2. The minimum absolute atomic E-state index is 0.0297. The number of hydrogen-bond acceptors (Lipinski definition) is 7. The average Bonchev–Trinajstić information content (AvgIpc) is 3.07. The van der Waals surface area contributed by atoms with Gasteiger partial charge in [0.2, 0.25) is 10.0 Å². The number of esters is 1. The highest BCUT2D eigenvalue weighted by molar-refractivity contribution is 7.89. The highest BCUT2D eigenvalue weighted by atomic mass is 32.2. The summed E-state index contributed by atoms with van der Waals surface area (Å²) in [6.07, 6.45) is 3.14. The van der Waals surface area contributed by atoms with E-state index in [1.165, 1.54) is 18.0 Å². The summed E-state index contributed by atoms with van der Waals surface area (Å²) in [6, 6.07) is 0. The second kappa shape index (κ2) is 6.33. The fourth-order valence-corrected chi connectivity index (χ4v) is 4.44. The average molecular weight is 330 g/mol. The number of sulfonamides is 1. The van der Waals surface area contributed by atoms with Crippen LogP contribution in [0, 0.1) is 6.92 Å². The van der Waals surface area contributed by atoms with E-state index in [0.29, 0.717) is 12.1 Å². The molecule has 8 nitrogen and oxygen atoms in total. The smallest absolute Gasteiger partial charge is 0.349 e. The van der Waals surface area contributed by atoms with Crippen molar-refractivity contribution in [3.05, 3.63) is 28.2 Å². The quantitative estimate of drug-likeness (QED) is 0.770. The molecule has 10 heteroatoms. The van der Waals surface area contributed by atoms with Crippen LogP contribution in [0.4, 0.5) is 0 Å². The van der Waals surface area contributed by atoms with E-state index in [-0.39, 0.29) is 16.3 Å². The molecule has 0 aromatic carbocycles. The van der Waals surface area contributed by atoms with Gasteiger partial charge in [-0.3, -0.25) is 4.68 Å². The summed E-state index contributed by atoms with van der Waals surface area (Å²) in [5, 5.41) is 8.97. The lowest BCUT2D eigenvalue weighted by molar-refractivity contribution is 0.0602. The van der Waals surface area contributed by atoms with E-state index < -0.39 is 16.0 Å². The van der Waals surface area contributed by atoms with E-state index in [1.807, 2.05) is 0 Å². The van der Waals surface area contributed by atoms with Crippen molar-refractivity contribution in [2.75, 3.05) is 13.7 Å². The fourth-order valence-electron chi connectivity index (χ4n) is 1.72. The molecule has 114 valence electrons. The summed E-state index contributed by atoms with van der Waals surface area (Å²) in [4.78, 5) is 11.7. The molecule has 0 saturated heterocycles. The topological polar surface area (TPSA) is 103 Å².